The van der Waals surface area contributed by atoms with Gasteiger partial charge in [-0.15, -0.1) is 12.4 Å². The number of hydrogen-bond donors (Lipinski definition) is 1. The van der Waals surface area contributed by atoms with Crippen LogP contribution in [0, 0.1) is 5.92 Å². The van der Waals surface area contributed by atoms with Crippen LogP contribution in [0.5, 0.6) is 5.75 Å². The normalized spacial score (nSPS) is 15.4. The van der Waals surface area contributed by atoms with Crippen molar-refractivity contribution in [2.24, 2.45) is 5.92 Å². The van der Waals surface area contributed by atoms with Gasteiger partial charge in [0.2, 0.25) is 5.91 Å². The molecule has 1 aliphatic rings. The lowest BCUT2D eigenvalue weighted by Crippen LogP contribution is -2.41. The second kappa shape index (κ2) is 9.67. The van der Waals surface area contributed by atoms with E-state index in [1.54, 1.807) is 12.1 Å². The van der Waals surface area contributed by atoms with E-state index in [1.807, 2.05) is 11.9 Å². The molecule has 0 bridgehead atoms. The Labute approximate surface area is 141 Å². The van der Waals surface area contributed by atoms with Gasteiger partial charge in [-0.1, -0.05) is 12.1 Å². The quantitative estimate of drug-likeness (QED) is 0.859. The molecule has 130 valence electrons. The van der Waals surface area contributed by atoms with Crippen LogP contribution in [0.2, 0.25) is 0 Å². The van der Waals surface area contributed by atoms with Crippen LogP contribution in [0.1, 0.15) is 18.4 Å². The minimum absolute atomic E-state index is 0. The van der Waals surface area contributed by atoms with E-state index >= 15 is 0 Å². The van der Waals surface area contributed by atoms with Crippen LogP contribution >= 0.6 is 12.4 Å². The van der Waals surface area contributed by atoms with Crippen molar-refractivity contribution in [1.29, 1.82) is 0 Å². The number of halogens is 3. The SMILES string of the molecule is CNCC1CCN(C(=O)Cc2ccc(OC(F)F)cc2)CC1.Cl. The first-order valence-electron chi connectivity index (χ1n) is 7.54. The van der Waals surface area contributed by atoms with E-state index in [4.69, 9.17) is 0 Å². The molecule has 0 aliphatic carbocycles. The van der Waals surface area contributed by atoms with Crippen molar-refractivity contribution in [3.8, 4) is 5.75 Å². The Morgan fingerprint density at radius 1 is 1.30 bits per heavy atom. The van der Waals surface area contributed by atoms with E-state index in [0.29, 0.717) is 12.3 Å². The number of nitrogens with one attached hydrogen (secondary N) is 1. The Kier molecular flexibility index (Phi) is 8.26. The molecular weight excluding hydrogens is 326 g/mol. The summed E-state index contributed by atoms with van der Waals surface area (Å²) >= 11 is 0. The summed E-state index contributed by atoms with van der Waals surface area (Å²) in [4.78, 5) is 14.1. The van der Waals surface area contributed by atoms with E-state index in [2.05, 4.69) is 10.1 Å². The van der Waals surface area contributed by atoms with Gasteiger partial charge >= 0.3 is 6.61 Å². The van der Waals surface area contributed by atoms with Crippen molar-refractivity contribution in [3.05, 3.63) is 29.8 Å². The molecule has 7 heteroatoms. The second-order valence-corrected chi connectivity index (χ2v) is 5.58. The van der Waals surface area contributed by atoms with Crippen molar-refractivity contribution in [2.75, 3.05) is 26.7 Å². The van der Waals surface area contributed by atoms with E-state index in [1.165, 1.54) is 12.1 Å². The predicted octanol–water partition coefficient (Wildman–Crippen LogP) is 2.71. The maximum absolute atomic E-state index is 12.3. The number of benzene rings is 1. The topological polar surface area (TPSA) is 41.6 Å². The maximum Gasteiger partial charge on any atom is 0.387 e. The Balaban J connectivity index is 0.00000264. The van der Waals surface area contributed by atoms with Crippen molar-refractivity contribution in [3.63, 3.8) is 0 Å². The Morgan fingerprint density at radius 3 is 2.43 bits per heavy atom. The highest BCUT2D eigenvalue weighted by molar-refractivity contribution is 5.85. The summed E-state index contributed by atoms with van der Waals surface area (Å²) in [6.07, 6.45) is 2.34. The minimum Gasteiger partial charge on any atom is -0.435 e. The van der Waals surface area contributed by atoms with Gasteiger partial charge in [0.15, 0.2) is 0 Å². The lowest BCUT2D eigenvalue weighted by Gasteiger charge is -2.32. The number of alkyl halides is 2. The molecule has 0 radical (unpaired) electrons. The predicted molar refractivity (Wildman–Crippen MR) is 87.3 cm³/mol. The number of ether oxygens (including phenoxy) is 1. The molecule has 1 heterocycles. The number of hydrogen-bond acceptors (Lipinski definition) is 3. The molecule has 0 aromatic heterocycles. The van der Waals surface area contributed by atoms with Gasteiger partial charge in [0.1, 0.15) is 5.75 Å². The molecule has 1 amide bonds. The number of likely N-dealkylation sites (tertiary alicyclic amines) is 1. The molecule has 1 aliphatic heterocycles. The summed E-state index contributed by atoms with van der Waals surface area (Å²) in [5, 5.41) is 3.17. The highest BCUT2D eigenvalue weighted by Gasteiger charge is 2.22. The number of carbonyl (C=O) groups excluding carboxylic acids is 1. The van der Waals surface area contributed by atoms with Crippen molar-refractivity contribution < 1.29 is 18.3 Å². The molecule has 2 rings (SSSR count). The van der Waals surface area contributed by atoms with Gasteiger partial charge in [-0.2, -0.15) is 8.78 Å². The van der Waals surface area contributed by atoms with Gasteiger partial charge in [0.05, 0.1) is 6.42 Å². The molecule has 1 saturated heterocycles. The standard InChI is InChI=1S/C16H22F2N2O2.ClH/c1-19-11-13-6-8-20(9-7-13)15(21)10-12-2-4-14(5-3-12)22-16(17)18;/h2-5,13,16,19H,6-11H2,1H3;1H. The van der Waals surface area contributed by atoms with Gasteiger partial charge in [-0.25, -0.2) is 0 Å². The summed E-state index contributed by atoms with van der Waals surface area (Å²) < 4.78 is 28.4. The van der Waals surface area contributed by atoms with Crippen LogP contribution in [-0.4, -0.2) is 44.1 Å². The van der Waals surface area contributed by atoms with E-state index in [0.717, 1.165) is 38.0 Å². The summed E-state index contributed by atoms with van der Waals surface area (Å²) in [5.41, 5.74) is 0.809. The average molecular weight is 349 g/mol. The Hall–Kier alpha value is -1.40. The molecule has 1 fully saturated rings. The third-order valence-electron chi connectivity index (χ3n) is 3.96. The number of carbonyl (C=O) groups is 1. The highest BCUT2D eigenvalue weighted by Crippen LogP contribution is 2.19. The maximum atomic E-state index is 12.3. The van der Waals surface area contributed by atoms with Gasteiger partial charge in [-0.3, -0.25) is 4.79 Å². The van der Waals surface area contributed by atoms with E-state index in [-0.39, 0.29) is 24.1 Å². The van der Waals surface area contributed by atoms with E-state index in [9.17, 15) is 13.6 Å². The van der Waals surface area contributed by atoms with E-state index < -0.39 is 6.61 Å². The van der Waals surface area contributed by atoms with Gasteiger partial charge in [-0.05, 0) is 50.0 Å². The van der Waals surface area contributed by atoms with Gasteiger partial charge in [0.25, 0.3) is 0 Å². The second-order valence-electron chi connectivity index (χ2n) is 5.58. The molecule has 1 N–H and O–H groups in total. The third-order valence-corrected chi connectivity index (χ3v) is 3.96. The minimum atomic E-state index is -2.83. The molecular formula is C16H23ClF2N2O2. The number of amides is 1. The first kappa shape index (κ1) is 19.6. The lowest BCUT2D eigenvalue weighted by molar-refractivity contribution is -0.131. The molecule has 1 aromatic carbocycles. The summed E-state index contributed by atoms with van der Waals surface area (Å²) in [6.45, 7) is -0.255. The fourth-order valence-electron chi connectivity index (χ4n) is 2.75. The van der Waals surface area contributed by atoms with Gasteiger partial charge < -0.3 is 15.0 Å². The van der Waals surface area contributed by atoms with Crippen LogP contribution in [0.15, 0.2) is 24.3 Å². The molecule has 4 nitrogen and oxygen atoms in total. The van der Waals surface area contributed by atoms with Crippen molar-refractivity contribution >= 4 is 18.3 Å². The van der Waals surface area contributed by atoms with Crippen LogP contribution in [0.25, 0.3) is 0 Å². The smallest absolute Gasteiger partial charge is 0.387 e. The summed E-state index contributed by atoms with van der Waals surface area (Å²) in [5.74, 6) is 0.837. The Bertz CT molecular complexity index is 477. The molecule has 0 atom stereocenters. The van der Waals surface area contributed by atoms with Gasteiger partial charge in [0, 0.05) is 13.1 Å². The zero-order valence-electron chi connectivity index (χ0n) is 13.1. The third kappa shape index (κ3) is 6.31. The van der Waals surface area contributed by atoms with Crippen molar-refractivity contribution in [2.45, 2.75) is 25.9 Å². The number of rotatable bonds is 6. The molecule has 1 aromatic rings. The molecule has 0 saturated carbocycles. The van der Waals surface area contributed by atoms with Crippen LogP contribution in [0.3, 0.4) is 0 Å². The largest absolute Gasteiger partial charge is 0.435 e. The van der Waals surface area contributed by atoms with Crippen LogP contribution in [0.4, 0.5) is 8.78 Å². The van der Waals surface area contributed by atoms with Crippen LogP contribution < -0.4 is 10.1 Å². The molecule has 0 spiro atoms. The highest BCUT2D eigenvalue weighted by atomic mass is 35.5. The fourth-order valence-corrected chi connectivity index (χ4v) is 2.75. The molecule has 23 heavy (non-hydrogen) atoms. The average Bonchev–Trinajstić information content (AvgIpc) is 2.50. The zero-order chi connectivity index (χ0) is 15.9. The van der Waals surface area contributed by atoms with Crippen LogP contribution in [-0.2, 0) is 11.2 Å². The zero-order valence-corrected chi connectivity index (χ0v) is 14.0. The summed E-state index contributed by atoms with van der Waals surface area (Å²) in [6, 6.07) is 6.24. The number of nitrogens with zero attached hydrogens (tertiary/aromatic N) is 1. The molecule has 0 unspecified atom stereocenters. The fraction of sp³-hybridized carbons (Fsp3) is 0.562. The number of piperidine rings is 1. The first-order chi connectivity index (χ1) is 10.6. The van der Waals surface area contributed by atoms with Crippen molar-refractivity contribution in [1.82, 2.24) is 10.2 Å². The Morgan fingerprint density at radius 2 is 1.91 bits per heavy atom. The summed E-state index contributed by atoms with van der Waals surface area (Å²) in [7, 11) is 1.94. The monoisotopic (exact) mass is 348 g/mol. The first-order valence-corrected chi connectivity index (χ1v) is 7.54. The lowest BCUT2D eigenvalue weighted by atomic mass is 9.96.